The van der Waals surface area contributed by atoms with Crippen LogP contribution >= 0.6 is 11.3 Å². The first kappa shape index (κ1) is 16.5. The number of fused-ring (bicyclic) bond motifs is 2. The van der Waals surface area contributed by atoms with Crippen molar-refractivity contribution >= 4 is 37.3 Å². The van der Waals surface area contributed by atoms with Crippen molar-refractivity contribution in [3.05, 3.63) is 53.5 Å². The number of para-hydroxylation sites is 1. The fraction of sp³-hybridized carbons (Fsp3) is 0.278. The summed E-state index contributed by atoms with van der Waals surface area (Å²) in [7, 11) is -1.55. The molecule has 1 aromatic heterocycles. The standard InChI is InChI=1S/C18H19N3O2S2/c1-13-10-21(11-14-5-3-4-6-17(14)20(13)2)25(22,23)15-7-8-16-18(9-15)24-12-19-16/h3-9,12-13H,10-11H2,1-2H3. The van der Waals surface area contributed by atoms with Crippen molar-refractivity contribution < 1.29 is 8.42 Å². The van der Waals surface area contributed by atoms with Crippen LogP contribution < -0.4 is 4.90 Å². The van der Waals surface area contributed by atoms with Crippen molar-refractivity contribution in [2.75, 3.05) is 18.5 Å². The van der Waals surface area contributed by atoms with Crippen LogP contribution in [0.25, 0.3) is 10.2 Å². The number of thiazole rings is 1. The summed E-state index contributed by atoms with van der Waals surface area (Å²) >= 11 is 1.46. The maximum atomic E-state index is 13.3. The second-order valence-electron chi connectivity index (χ2n) is 6.37. The van der Waals surface area contributed by atoms with Gasteiger partial charge in [-0.15, -0.1) is 11.3 Å². The van der Waals surface area contributed by atoms with Gasteiger partial charge in [-0.2, -0.15) is 4.31 Å². The fourth-order valence-electron chi connectivity index (χ4n) is 3.23. The van der Waals surface area contributed by atoms with Crippen molar-refractivity contribution in [3.8, 4) is 0 Å². The SMILES string of the molecule is CC1CN(S(=O)(=O)c2ccc3ncsc3c2)Cc2ccccc2N1C. The highest BCUT2D eigenvalue weighted by Gasteiger charge is 2.31. The van der Waals surface area contributed by atoms with E-state index in [9.17, 15) is 8.42 Å². The highest BCUT2D eigenvalue weighted by molar-refractivity contribution is 7.89. The fourth-order valence-corrected chi connectivity index (χ4v) is 5.54. The Hall–Kier alpha value is -1.96. The van der Waals surface area contributed by atoms with Crippen LogP contribution in [-0.4, -0.2) is 37.3 Å². The maximum absolute atomic E-state index is 13.3. The molecule has 2 heterocycles. The molecule has 7 heteroatoms. The topological polar surface area (TPSA) is 53.5 Å². The highest BCUT2D eigenvalue weighted by Crippen LogP contribution is 2.30. The molecule has 1 aliphatic rings. The molecule has 2 aromatic carbocycles. The number of benzene rings is 2. The lowest BCUT2D eigenvalue weighted by Crippen LogP contribution is -2.40. The zero-order chi connectivity index (χ0) is 17.6. The molecule has 25 heavy (non-hydrogen) atoms. The Labute approximate surface area is 151 Å². The molecule has 1 aliphatic heterocycles. The first-order valence-corrected chi connectivity index (χ1v) is 10.4. The Morgan fingerprint density at radius 1 is 1.20 bits per heavy atom. The molecule has 0 amide bonds. The molecule has 3 aromatic rings. The number of sulfonamides is 1. The molecule has 0 radical (unpaired) electrons. The van der Waals surface area contributed by atoms with Gasteiger partial charge in [-0.1, -0.05) is 18.2 Å². The zero-order valence-electron chi connectivity index (χ0n) is 14.1. The number of hydrogen-bond acceptors (Lipinski definition) is 5. The number of aromatic nitrogens is 1. The lowest BCUT2D eigenvalue weighted by molar-refractivity contribution is 0.392. The van der Waals surface area contributed by atoms with Gasteiger partial charge in [0.15, 0.2) is 0 Å². The summed E-state index contributed by atoms with van der Waals surface area (Å²) in [6.45, 7) is 2.89. The maximum Gasteiger partial charge on any atom is 0.243 e. The lowest BCUT2D eigenvalue weighted by Gasteiger charge is -2.27. The van der Waals surface area contributed by atoms with Crippen molar-refractivity contribution in [1.29, 1.82) is 0 Å². The predicted octanol–water partition coefficient (Wildman–Crippen LogP) is 3.33. The number of nitrogens with zero attached hydrogens (tertiary/aromatic N) is 3. The zero-order valence-corrected chi connectivity index (χ0v) is 15.7. The summed E-state index contributed by atoms with van der Waals surface area (Å²) in [5.41, 5.74) is 4.68. The van der Waals surface area contributed by atoms with Gasteiger partial charge in [0, 0.05) is 31.9 Å². The summed E-state index contributed by atoms with van der Waals surface area (Å²) < 4.78 is 29.0. The van der Waals surface area contributed by atoms with Gasteiger partial charge in [0.05, 0.1) is 20.6 Å². The van der Waals surface area contributed by atoms with E-state index < -0.39 is 10.0 Å². The molecule has 130 valence electrons. The van der Waals surface area contributed by atoms with E-state index in [0.29, 0.717) is 18.0 Å². The summed E-state index contributed by atoms with van der Waals surface area (Å²) in [5.74, 6) is 0. The van der Waals surface area contributed by atoms with Gasteiger partial charge in [-0.25, -0.2) is 13.4 Å². The van der Waals surface area contributed by atoms with Crippen LogP contribution in [0.5, 0.6) is 0 Å². The van der Waals surface area contributed by atoms with Crippen molar-refractivity contribution in [1.82, 2.24) is 9.29 Å². The Balaban J connectivity index is 1.77. The molecule has 0 aliphatic carbocycles. The van der Waals surface area contributed by atoms with Gasteiger partial charge in [0.2, 0.25) is 10.0 Å². The van der Waals surface area contributed by atoms with E-state index in [-0.39, 0.29) is 6.04 Å². The molecule has 0 saturated heterocycles. The van der Waals surface area contributed by atoms with Gasteiger partial charge in [0.1, 0.15) is 0 Å². The minimum Gasteiger partial charge on any atom is -0.370 e. The first-order valence-electron chi connectivity index (χ1n) is 8.11. The number of rotatable bonds is 2. The van der Waals surface area contributed by atoms with Crippen molar-refractivity contribution in [2.24, 2.45) is 0 Å². The Morgan fingerprint density at radius 3 is 2.84 bits per heavy atom. The molecule has 1 atom stereocenters. The van der Waals surface area contributed by atoms with E-state index in [1.807, 2.05) is 31.3 Å². The predicted molar refractivity (Wildman–Crippen MR) is 102 cm³/mol. The van der Waals surface area contributed by atoms with Crippen LogP contribution in [0, 0.1) is 0 Å². The van der Waals surface area contributed by atoms with Gasteiger partial charge in [-0.3, -0.25) is 0 Å². The van der Waals surface area contributed by atoms with Crippen LogP contribution in [0.1, 0.15) is 12.5 Å². The van der Waals surface area contributed by atoms with E-state index in [2.05, 4.69) is 16.8 Å². The monoisotopic (exact) mass is 373 g/mol. The summed E-state index contributed by atoms with van der Waals surface area (Å²) in [4.78, 5) is 6.71. The average Bonchev–Trinajstić information content (AvgIpc) is 3.03. The van der Waals surface area contributed by atoms with E-state index in [1.165, 1.54) is 11.3 Å². The molecule has 0 saturated carbocycles. The van der Waals surface area contributed by atoms with E-state index in [0.717, 1.165) is 21.5 Å². The van der Waals surface area contributed by atoms with E-state index >= 15 is 0 Å². The molecule has 0 bridgehead atoms. The second kappa shape index (κ2) is 6.09. The van der Waals surface area contributed by atoms with Gasteiger partial charge >= 0.3 is 0 Å². The van der Waals surface area contributed by atoms with Crippen molar-refractivity contribution in [3.63, 3.8) is 0 Å². The molecule has 0 spiro atoms. The normalized spacial score (nSPS) is 19.0. The minimum atomic E-state index is -3.57. The summed E-state index contributed by atoms with van der Waals surface area (Å²) in [6, 6.07) is 13.2. The molecule has 4 rings (SSSR count). The van der Waals surface area contributed by atoms with Crippen LogP contribution in [0.15, 0.2) is 52.9 Å². The van der Waals surface area contributed by atoms with Crippen LogP contribution in [0.2, 0.25) is 0 Å². The summed E-state index contributed by atoms with van der Waals surface area (Å²) in [5, 5.41) is 0. The minimum absolute atomic E-state index is 0.0885. The molecular weight excluding hydrogens is 354 g/mol. The van der Waals surface area contributed by atoms with Gasteiger partial charge in [0.25, 0.3) is 0 Å². The number of likely N-dealkylation sites (N-methyl/N-ethyl adjacent to an activating group) is 1. The third-order valence-electron chi connectivity index (χ3n) is 4.79. The molecule has 0 fully saturated rings. The average molecular weight is 374 g/mol. The van der Waals surface area contributed by atoms with Crippen LogP contribution in [0.3, 0.4) is 0 Å². The molecule has 0 N–H and O–H groups in total. The third kappa shape index (κ3) is 2.82. The Morgan fingerprint density at radius 2 is 2.00 bits per heavy atom. The Bertz CT molecular complexity index is 1030. The van der Waals surface area contributed by atoms with E-state index in [4.69, 9.17) is 0 Å². The number of hydrogen-bond donors (Lipinski definition) is 0. The third-order valence-corrected chi connectivity index (χ3v) is 7.39. The largest absolute Gasteiger partial charge is 0.370 e. The summed E-state index contributed by atoms with van der Waals surface area (Å²) in [6.07, 6.45) is 0. The van der Waals surface area contributed by atoms with Crippen LogP contribution in [-0.2, 0) is 16.6 Å². The highest BCUT2D eigenvalue weighted by atomic mass is 32.2. The quantitative estimate of drug-likeness (QED) is 0.691. The number of anilines is 1. The molecule has 5 nitrogen and oxygen atoms in total. The van der Waals surface area contributed by atoms with Gasteiger partial charge in [-0.05, 0) is 36.8 Å². The van der Waals surface area contributed by atoms with E-state index in [1.54, 1.807) is 28.0 Å². The molecule has 1 unspecified atom stereocenters. The smallest absolute Gasteiger partial charge is 0.243 e. The first-order chi connectivity index (χ1) is 12.0. The lowest BCUT2D eigenvalue weighted by atomic mass is 10.1. The second-order valence-corrected chi connectivity index (χ2v) is 9.19. The van der Waals surface area contributed by atoms with Crippen molar-refractivity contribution in [2.45, 2.75) is 24.4 Å². The molecular formula is C18H19N3O2S2. The van der Waals surface area contributed by atoms with Crippen LogP contribution in [0.4, 0.5) is 5.69 Å². The van der Waals surface area contributed by atoms with Gasteiger partial charge < -0.3 is 4.90 Å². The Kier molecular flexibility index (Phi) is 4.02.